The molecule has 0 aliphatic rings. The fraction of sp³-hybridized carbons (Fsp3) is 0.143. The second-order valence-electron chi connectivity index (χ2n) is 2.08. The van der Waals surface area contributed by atoms with Gasteiger partial charge in [-0.1, -0.05) is 22.7 Å². The molecule has 0 saturated carbocycles. The van der Waals surface area contributed by atoms with Crippen LogP contribution < -0.4 is 5.12 Å². The Balaban J connectivity index is 2.86. The molecular weight excluding hydrogens is 174 g/mol. The van der Waals surface area contributed by atoms with Gasteiger partial charge in [-0.2, -0.15) is 0 Å². The Hall–Kier alpha value is -1.26. The fourth-order valence-electron chi connectivity index (χ4n) is 0.705. The predicted octanol–water partition coefficient (Wildman–Crippen LogP) is 2.90. The molecular formula is C7H5F4N. The number of hydrogen-bond acceptors (Lipinski definition) is 1. The Labute approximate surface area is 66.2 Å². The molecule has 0 atom stereocenters. The number of nitrogens with zero attached hydrogens (tertiary/aromatic N) is 1. The molecule has 0 spiro atoms. The van der Waals surface area contributed by atoms with E-state index in [-0.39, 0.29) is 0 Å². The van der Waals surface area contributed by atoms with Crippen molar-refractivity contribution in [3.05, 3.63) is 30.3 Å². The zero-order valence-corrected chi connectivity index (χ0v) is 5.85. The third-order valence-electron chi connectivity index (χ3n) is 1.21. The topological polar surface area (TPSA) is 3.24 Å². The van der Waals surface area contributed by atoms with Crippen LogP contribution in [0.15, 0.2) is 30.3 Å². The highest BCUT2D eigenvalue weighted by Crippen LogP contribution is 2.27. The van der Waals surface area contributed by atoms with Gasteiger partial charge in [-0.3, -0.25) is 0 Å². The quantitative estimate of drug-likeness (QED) is 0.364. The first-order valence-electron chi connectivity index (χ1n) is 3.09. The molecule has 1 rings (SSSR count). The Bertz CT molecular complexity index is 243. The van der Waals surface area contributed by atoms with Crippen LogP contribution in [-0.2, 0) is 0 Å². The van der Waals surface area contributed by atoms with Crippen LogP contribution in [0.25, 0.3) is 0 Å². The van der Waals surface area contributed by atoms with Crippen LogP contribution in [-0.4, -0.2) is 6.30 Å². The molecule has 0 radical (unpaired) electrons. The molecule has 0 bridgehead atoms. The van der Waals surface area contributed by atoms with Gasteiger partial charge in [0.15, 0.2) is 0 Å². The Kier molecular flexibility index (Phi) is 2.21. The lowest BCUT2D eigenvalue weighted by atomic mass is 10.3. The van der Waals surface area contributed by atoms with Gasteiger partial charge in [-0.05, 0) is 12.1 Å². The number of halogens is 4. The van der Waals surface area contributed by atoms with Crippen LogP contribution in [0.4, 0.5) is 23.3 Å². The van der Waals surface area contributed by atoms with Gasteiger partial charge in [0.05, 0.1) is 5.69 Å². The molecule has 0 amide bonds. The average molecular weight is 179 g/mol. The zero-order chi connectivity index (χ0) is 9.19. The summed E-state index contributed by atoms with van der Waals surface area (Å²) < 4.78 is 47.4. The molecule has 1 aromatic carbocycles. The number of alkyl halides is 3. The lowest BCUT2D eigenvalue weighted by Crippen LogP contribution is -2.30. The summed E-state index contributed by atoms with van der Waals surface area (Å²) >= 11 is 0. The van der Waals surface area contributed by atoms with Gasteiger partial charge < -0.3 is 0 Å². The van der Waals surface area contributed by atoms with Gasteiger partial charge in [0, 0.05) is 0 Å². The van der Waals surface area contributed by atoms with Crippen LogP contribution in [0.5, 0.6) is 0 Å². The van der Waals surface area contributed by atoms with Gasteiger partial charge in [0.2, 0.25) is 0 Å². The Morgan fingerprint density at radius 2 is 1.50 bits per heavy atom. The first-order chi connectivity index (χ1) is 5.52. The minimum atomic E-state index is -4.97. The van der Waals surface area contributed by atoms with E-state index in [0.29, 0.717) is 0 Å². The maximum atomic E-state index is 12.4. The summed E-state index contributed by atoms with van der Waals surface area (Å²) in [6.45, 7) is 0. The molecule has 0 aliphatic heterocycles. The second-order valence-corrected chi connectivity index (χ2v) is 2.08. The van der Waals surface area contributed by atoms with Crippen LogP contribution in [0.1, 0.15) is 0 Å². The normalized spacial score (nSPS) is 11.3. The zero-order valence-electron chi connectivity index (χ0n) is 5.85. The molecule has 66 valence electrons. The molecule has 0 fully saturated rings. The van der Waals surface area contributed by atoms with Gasteiger partial charge in [-0.15, -0.1) is 18.3 Å². The van der Waals surface area contributed by atoms with E-state index in [1.165, 1.54) is 18.2 Å². The van der Waals surface area contributed by atoms with Crippen molar-refractivity contribution in [2.75, 3.05) is 5.12 Å². The summed E-state index contributed by atoms with van der Waals surface area (Å²) in [7, 11) is 0. The lowest BCUT2D eigenvalue weighted by molar-refractivity contribution is -0.157. The van der Waals surface area contributed by atoms with Crippen molar-refractivity contribution >= 4 is 5.69 Å². The van der Waals surface area contributed by atoms with Crippen molar-refractivity contribution in [3.8, 4) is 0 Å². The van der Waals surface area contributed by atoms with Crippen molar-refractivity contribution in [2.45, 2.75) is 6.30 Å². The molecule has 12 heavy (non-hydrogen) atoms. The Morgan fingerprint density at radius 1 is 1.00 bits per heavy atom. The van der Waals surface area contributed by atoms with E-state index in [9.17, 15) is 17.7 Å². The van der Waals surface area contributed by atoms with Gasteiger partial charge in [-0.25, -0.2) is 0 Å². The molecule has 5 heteroatoms. The maximum Gasteiger partial charge on any atom is 0.512 e. The van der Waals surface area contributed by atoms with E-state index in [1.807, 2.05) is 0 Å². The second kappa shape index (κ2) is 3.00. The highest BCUT2D eigenvalue weighted by molar-refractivity contribution is 5.43. The van der Waals surface area contributed by atoms with Gasteiger partial charge in [0.25, 0.3) is 0 Å². The van der Waals surface area contributed by atoms with E-state index in [1.54, 1.807) is 0 Å². The van der Waals surface area contributed by atoms with Crippen LogP contribution in [0, 0.1) is 0 Å². The first kappa shape index (κ1) is 8.83. The number of para-hydroxylation sites is 1. The molecule has 0 aliphatic carbocycles. The third kappa shape index (κ3) is 1.87. The number of benzene rings is 1. The summed E-state index contributed by atoms with van der Waals surface area (Å²) in [5, 5.41) is -1.23. The van der Waals surface area contributed by atoms with Gasteiger partial charge >= 0.3 is 6.30 Å². The molecule has 1 aromatic rings. The van der Waals surface area contributed by atoms with Crippen LogP contribution >= 0.6 is 0 Å². The largest absolute Gasteiger partial charge is 0.512 e. The molecule has 0 saturated heterocycles. The van der Waals surface area contributed by atoms with E-state index in [4.69, 9.17) is 0 Å². The smallest absolute Gasteiger partial charge is 0.148 e. The average Bonchev–Trinajstić information content (AvgIpc) is 2.03. The van der Waals surface area contributed by atoms with Crippen molar-refractivity contribution in [1.82, 2.24) is 0 Å². The number of rotatable bonds is 1. The van der Waals surface area contributed by atoms with E-state index in [0.717, 1.165) is 12.1 Å². The highest BCUT2D eigenvalue weighted by Gasteiger charge is 2.38. The minimum Gasteiger partial charge on any atom is -0.148 e. The third-order valence-corrected chi connectivity index (χ3v) is 1.21. The summed E-state index contributed by atoms with van der Waals surface area (Å²) in [5.41, 5.74) is -0.523. The van der Waals surface area contributed by atoms with Crippen molar-refractivity contribution in [3.63, 3.8) is 0 Å². The number of anilines is 1. The monoisotopic (exact) mass is 179 g/mol. The molecule has 0 aromatic heterocycles. The van der Waals surface area contributed by atoms with Crippen molar-refractivity contribution < 1.29 is 17.7 Å². The van der Waals surface area contributed by atoms with Crippen LogP contribution in [0.2, 0.25) is 0 Å². The van der Waals surface area contributed by atoms with Crippen molar-refractivity contribution in [2.24, 2.45) is 0 Å². The molecule has 0 N–H and O–H groups in total. The van der Waals surface area contributed by atoms with Gasteiger partial charge in [0.1, 0.15) is 0 Å². The fourth-order valence-corrected chi connectivity index (χ4v) is 0.705. The standard InChI is InChI=1S/C7H5F4N/c8-7(9,10)12(11)6-4-2-1-3-5-6/h1-5H. The van der Waals surface area contributed by atoms with E-state index < -0.39 is 17.1 Å². The minimum absolute atomic E-state index is 0.523. The van der Waals surface area contributed by atoms with Crippen molar-refractivity contribution in [1.29, 1.82) is 0 Å². The summed E-state index contributed by atoms with van der Waals surface area (Å²) in [4.78, 5) is 0. The molecule has 0 unspecified atom stereocenters. The maximum absolute atomic E-state index is 12.4. The van der Waals surface area contributed by atoms with Crippen LogP contribution in [0.3, 0.4) is 0 Å². The Morgan fingerprint density at radius 3 is 1.92 bits per heavy atom. The lowest BCUT2D eigenvalue weighted by Gasteiger charge is -2.15. The summed E-state index contributed by atoms with van der Waals surface area (Å²) in [6.07, 6.45) is -4.97. The summed E-state index contributed by atoms with van der Waals surface area (Å²) in [6, 6.07) is 6.23. The molecule has 1 nitrogen and oxygen atoms in total. The SMILES string of the molecule is FN(c1ccccc1)C(F)(F)F. The molecule has 0 heterocycles. The first-order valence-corrected chi connectivity index (χ1v) is 3.09. The predicted molar refractivity (Wildman–Crippen MR) is 36.1 cm³/mol. The summed E-state index contributed by atoms with van der Waals surface area (Å²) in [5.74, 6) is 0. The highest BCUT2D eigenvalue weighted by atomic mass is 19.4. The van der Waals surface area contributed by atoms with E-state index >= 15 is 0 Å². The number of hydrogen-bond donors (Lipinski definition) is 0. The van der Waals surface area contributed by atoms with E-state index in [2.05, 4.69) is 0 Å².